The van der Waals surface area contributed by atoms with Crippen LogP contribution in [0.15, 0.2) is 21.5 Å². The Kier molecular flexibility index (Phi) is 6.37. The van der Waals surface area contributed by atoms with Crippen molar-refractivity contribution in [3.05, 3.63) is 45.2 Å². The lowest BCUT2D eigenvalue weighted by molar-refractivity contribution is -0.113. The molecule has 0 aromatic carbocycles. The molecule has 1 amide bonds. The Hall–Kier alpha value is -2.65. The first-order valence-electron chi connectivity index (χ1n) is 11.8. The van der Waals surface area contributed by atoms with Gasteiger partial charge in [0.05, 0.1) is 17.8 Å². The molecule has 4 rings (SSSR count). The van der Waals surface area contributed by atoms with Gasteiger partial charge in [0.15, 0.2) is 17.2 Å². The van der Waals surface area contributed by atoms with Crippen molar-refractivity contribution in [2.75, 3.05) is 5.32 Å². The van der Waals surface area contributed by atoms with Crippen LogP contribution in [0.2, 0.25) is 0 Å². The number of amides is 1. The third-order valence-electron chi connectivity index (χ3n) is 7.03. The summed E-state index contributed by atoms with van der Waals surface area (Å²) in [6, 6.07) is 0.156. The summed E-state index contributed by atoms with van der Waals surface area (Å²) in [4.78, 5) is 26.3. The van der Waals surface area contributed by atoms with Gasteiger partial charge in [-0.2, -0.15) is 0 Å². The summed E-state index contributed by atoms with van der Waals surface area (Å²) in [5, 5.41) is 6.77. The summed E-state index contributed by atoms with van der Waals surface area (Å²) in [5.74, 6) is 0.0642. The number of aromatic nitrogens is 3. The zero-order valence-electron chi connectivity index (χ0n) is 20.2. The highest BCUT2D eigenvalue weighted by atomic mass is 16.5. The number of carbonyl (C=O) groups excluding carboxylic acids is 1. The van der Waals surface area contributed by atoms with Crippen LogP contribution in [0.25, 0.3) is 0 Å². The lowest BCUT2D eigenvalue weighted by atomic mass is 9.96. The third-order valence-corrected chi connectivity index (χ3v) is 7.03. The van der Waals surface area contributed by atoms with Gasteiger partial charge in [0.1, 0.15) is 5.69 Å². The van der Waals surface area contributed by atoms with Crippen molar-refractivity contribution in [2.24, 2.45) is 18.7 Å². The summed E-state index contributed by atoms with van der Waals surface area (Å²) in [7, 11) is 1.86. The molecule has 0 bridgehead atoms. The highest BCUT2D eigenvalue weighted by molar-refractivity contribution is 6.04. The van der Waals surface area contributed by atoms with Gasteiger partial charge in [0, 0.05) is 19.0 Å². The molecule has 0 spiro atoms. The van der Waals surface area contributed by atoms with Gasteiger partial charge < -0.3 is 14.6 Å². The fraction of sp³-hybridized carbons (Fsp3) is 0.625. The van der Waals surface area contributed by atoms with Crippen LogP contribution in [0.5, 0.6) is 0 Å². The van der Waals surface area contributed by atoms with Crippen LogP contribution >= 0.6 is 0 Å². The summed E-state index contributed by atoms with van der Waals surface area (Å²) >= 11 is 0. The molecule has 3 N–H and O–H groups in total. The van der Waals surface area contributed by atoms with Gasteiger partial charge in [0.2, 0.25) is 0 Å². The zero-order chi connectivity index (χ0) is 23.9. The molecule has 2 atom stereocenters. The number of hydrogen-bond acceptors (Lipinski definition) is 6. The van der Waals surface area contributed by atoms with E-state index in [9.17, 15) is 9.59 Å². The van der Waals surface area contributed by atoms with E-state index >= 15 is 0 Å². The van der Waals surface area contributed by atoms with Crippen molar-refractivity contribution in [1.29, 1.82) is 0 Å². The van der Waals surface area contributed by atoms with E-state index in [1.54, 1.807) is 11.6 Å². The molecule has 0 radical (unpaired) electrons. The fourth-order valence-corrected chi connectivity index (χ4v) is 4.94. The van der Waals surface area contributed by atoms with Gasteiger partial charge in [-0.3, -0.25) is 20.0 Å². The topological polar surface area (TPSA) is 117 Å². The summed E-state index contributed by atoms with van der Waals surface area (Å²) in [6.07, 6.45) is 9.59. The van der Waals surface area contributed by atoms with E-state index in [1.165, 1.54) is 6.42 Å². The molecule has 2 aromatic heterocycles. The Morgan fingerprint density at radius 1 is 1.27 bits per heavy atom. The second-order valence-corrected chi connectivity index (χ2v) is 9.71. The maximum atomic E-state index is 13.2. The summed E-state index contributed by atoms with van der Waals surface area (Å²) in [6.45, 7) is 7.67. The van der Waals surface area contributed by atoms with Crippen molar-refractivity contribution in [3.63, 3.8) is 0 Å². The Morgan fingerprint density at radius 2 is 1.97 bits per heavy atom. The number of ether oxygens (including phenoxy) is 1. The molecule has 1 fully saturated rings. The Labute approximate surface area is 193 Å². The minimum Gasteiger partial charge on any atom is -0.356 e. The largest absolute Gasteiger partial charge is 0.356 e. The third kappa shape index (κ3) is 4.19. The van der Waals surface area contributed by atoms with Crippen LogP contribution < -0.4 is 16.6 Å². The van der Waals surface area contributed by atoms with Crippen LogP contribution in [-0.4, -0.2) is 26.5 Å². The predicted octanol–water partition coefficient (Wildman–Crippen LogP) is 3.66. The highest BCUT2D eigenvalue weighted by Crippen LogP contribution is 2.35. The monoisotopic (exact) mass is 457 g/mol. The fourth-order valence-electron chi connectivity index (χ4n) is 4.94. The van der Waals surface area contributed by atoms with Crippen LogP contribution in [-0.2, 0) is 17.5 Å². The van der Waals surface area contributed by atoms with E-state index in [-0.39, 0.29) is 35.0 Å². The number of nitrogens with zero attached hydrogens (tertiary/aromatic N) is 3. The molecular formula is C24H35N5O4. The highest BCUT2D eigenvalue weighted by Gasteiger charge is 2.40. The van der Waals surface area contributed by atoms with Gasteiger partial charge in [-0.05, 0) is 32.6 Å². The maximum Gasteiger partial charge on any atom is 0.291 e. The normalized spacial score (nSPS) is 23.9. The SMILES string of the molecule is Cc1c(C(=O)Nc2c(C)n(C)n(C3CCCCC3)c2=O)noc1[C@@]1(N)CC=CC(C(C)C)O1. The van der Waals surface area contributed by atoms with E-state index in [1.807, 2.05) is 30.8 Å². The van der Waals surface area contributed by atoms with Gasteiger partial charge >= 0.3 is 0 Å². The maximum absolute atomic E-state index is 13.2. The molecule has 1 aliphatic carbocycles. The molecule has 9 heteroatoms. The first kappa shape index (κ1) is 23.5. The van der Waals surface area contributed by atoms with Gasteiger partial charge in [0.25, 0.3) is 11.5 Å². The van der Waals surface area contributed by atoms with Crippen molar-refractivity contribution < 1.29 is 14.1 Å². The zero-order valence-corrected chi connectivity index (χ0v) is 20.2. The van der Waals surface area contributed by atoms with Gasteiger partial charge in [-0.1, -0.05) is 50.4 Å². The van der Waals surface area contributed by atoms with E-state index in [0.717, 1.165) is 25.7 Å². The molecule has 1 aliphatic heterocycles. The number of hydrogen-bond donors (Lipinski definition) is 2. The molecular weight excluding hydrogens is 422 g/mol. The van der Waals surface area contributed by atoms with Crippen LogP contribution in [0.3, 0.4) is 0 Å². The molecule has 1 unspecified atom stereocenters. The molecule has 0 saturated heterocycles. The van der Waals surface area contributed by atoms with Crippen LogP contribution in [0, 0.1) is 19.8 Å². The number of nitrogens with two attached hydrogens (primary N) is 1. The van der Waals surface area contributed by atoms with E-state index in [2.05, 4.69) is 24.3 Å². The molecule has 2 aromatic rings. The number of rotatable bonds is 5. The minimum absolute atomic E-state index is 0.0981. The Morgan fingerprint density at radius 3 is 2.64 bits per heavy atom. The molecule has 2 aliphatic rings. The van der Waals surface area contributed by atoms with Crippen LogP contribution in [0.1, 0.15) is 85.9 Å². The first-order chi connectivity index (χ1) is 15.6. The second-order valence-electron chi connectivity index (χ2n) is 9.71. The lowest BCUT2D eigenvalue weighted by Crippen LogP contribution is -2.45. The molecule has 33 heavy (non-hydrogen) atoms. The van der Waals surface area contributed by atoms with Gasteiger partial charge in [-0.15, -0.1) is 0 Å². The van der Waals surface area contributed by atoms with E-state index in [4.69, 9.17) is 15.0 Å². The first-order valence-corrected chi connectivity index (χ1v) is 11.8. The van der Waals surface area contributed by atoms with Crippen molar-refractivity contribution in [1.82, 2.24) is 14.5 Å². The van der Waals surface area contributed by atoms with Crippen molar-refractivity contribution in [2.45, 2.75) is 84.1 Å². The van der Waals surface area contributed by atoms with Crippen molar-refractivity contribution >= 4 is 11.6 Å². The molecule has 180 valence electrons. The number of nitrogens with one attached hydrogen (secondary N) is 1. The van der Waals surface area contributed by atoms with E-state index in [0.29, 0.717) is 23.4 Å². The summed E-state index contributed by atoms with van der Waals surface area (Å²) < 4.78 is 15.3. The molecule has 9 nitrogen and oxygen atoms in total. The lowest BCUT2D eigenvalue weighted by Gasteiger charge is -2.35. The predicted molar refractivity (Wildman–Crippen MR) is 125 cm³/mol. The van der Waals surface area contributed by atoms with Crippen LogP contribution in [0.4, 0.5) is 5.69 Å². The molecule has 3 heterocycles. The standard InChI is InChI=1S/C24H35N5O4/c1-14(2)18-12-9-13-24(25,32-18)21-15(3)19(27-33-21)22(30)26-20-16(4)28(5)29(23(20)31)17-10-7-6-8-11-17/h9,12,14,17-18H,6-8,10-11,13,25H2,1-5H3,(H,26,30)/t18?,24-/m1/s1. The summed E-state index contributed by atoms with van der Waals surface area (Å²) in [5.41, 5.74) is 6.73. The Balaban J connectivity index is 1.59. The average Bonchev–Trinajstić information content (AvgIpc) is 3.28. The van der Waals surface area contributed by atoms with Gasteiger partial charge in [-0.25, -0.2) is 4.68 Å². The van der Waals surface area contributed by atoms with E-state index < -0.39 is 11.6 Å². The number of anilines is 1. The van der Waals surface area contributed by atoms with Crippen molar-refractivity contribution in [3.8, 4) is 0 Å². The number of carbonyl (C=O) groups is 1. The Bertz CT molecular complexity index is 1120. The average molecular weight is 458 g/mol. The quantitative estimate of drug-likeness (QED) is 0.662. The smallest absolute Gasteiger partial charge is 0.291 e. The molecule has 1 saturated carbocycles. The second kappa shape index (κ2) is 8.95. The minimum atomic E-state index is -1.20.